The molecule has 16 aromatic heterocycles. The molecule has 0 atom stereocenters. The number of rotatable bonds is 24. The van der Waals surface area contributed by atoms with E-state index in [1.807, 2.05) is 144 Å². The summed E-state index contributed by atoms with van der Waals surface area (Å²) in [5.41, 5.74) is 17.3. The summed E-state index contributed by atoms with van der Waals surface area (Å²) in [6.45, 7) is 9.22. The molecule has 0 aliphatic heterocycles. The van der Waals surface area contributed by atoms with Crippen molar-refractivity contribution in [2.45, 2.75) is 104 Å². The van der Waals surface area contributed by atoms with Crippen molar-refractivity contribution in [3.63, 3.8) is 0 Å². The Morgan fingerprint density at radius 1 is 0.423 bits per heavy atom. The lowest BCUT2D eigenvalue weighted by atomic mass is 9.87. The molecule has 9 N–H and O–H groups in total. The average molecular weight is 1940 g/mol. The van der Waals surface area contributed by atoms with Crippen LogP contribution in [0.2, 0.25) is 0 Å². The zero-order valence-electron chi connectivity index (χ0n) is 70.8. The van der Waals surface area contributed by atoms with Crippen LogP contribution in [0.3, 0.4) is 0 Å². The number of hydrogen-bond donors (Lipinski definition) is 9. The van der Waals surface area contributed by atoms with Gasteiger partial charge in [0.15, 0.2) is 46.4 Å². The lowest BCUT2D eigenvalue weighted by molar-refractivity contribution is -0.906. The van der Waals surface area contributed by atoms with Crippen molar-refractivity contribution in [3.8, 4) is 51.1 Å². The van der Waals surface area contributed by atoms with Gasteiger partial charge in [0.05, 0.1) is 80.4 Å². The lowest BCUT2D eigenvalue weighted by Crippen LogP contribution is -2.33. The fourth-order valence-corrected chi connectivity index (χ4v) is 15.8. The lowest BCUT2D eigenvalue weighted by Gasteiger charge is -2.22. The van der Waals surface area contributed by atoms with Gasteiger partial charge in [-0.05, 0) is 135 Å². The number of aryl methyl sites for hydroxylation is 2. The van der Waals surface area contributed by atoms with E-state index in [4.69, 9.17) is 24.1 Å². The number of fused-ring (bicyclic) bond motifs is 5. The topological polar surface area (TPSA) is 357 Å². The number of furan rings is 1. The fraction of sp³-hybridized carbons (Fsp3) is 0.181. The Hall–Kier alpha value is -15.0. The third-order valence-corrected chi connectivity index (χ3v) is 22.9. The number of ether oxygens (including phenoxy) is 1. The quantitative estimate of drug-likeness (QED) is 0.0154. The second-order valence-electron chi connectivity index (χ2n) is 30.2. The Kier molecular flexibility index (Phi) is 28.3. The summed E-state index contributed by atoms with van der Waals surface area (Å²) in [6, 6.07) is 58.5. The van der Waals surface area contributed by atoms with E-state index in [-0.39, 0.29) is 5.82 Å². The van der Waals surface area contributed by atoms with Crippen molar-refractivity contribution >= 4 is 105 Å². The second-order valence-corrected chi connectivity index (χ2v) is 32.7. The third-order valence-electron chi connectivity index (χ3n) is 21.2. The second kappa shape index (κ2) is 41.6. The standard InChI is InChI=1S/C20H19BrN5O2.C20H26N5O.C20H20N5O.C18H14BrFN5O.C16H12BrN5O2/c1-2-28-19-9-8-14(13-25(19)27)11-22-18-10-17(15-6-4-3-5-7-15)24-20-16(21)12-23-26(18)20;2*1-2-16-13-22-25-19(21-12-15-7-6-10-24(26)14-15)11-18(23-20(16)25)17-8-4-3-5-9-17;19-14-10-22-25-17(21-9-12-4-3-7-24(26)11-12)8-16(23-18(14)25)13-5-1-2-6-15(13)20;17-12-9-19-22-15(18-8-11-3-1-5-21(23)10-11)7-13(20-16(12)22)14-4-2-6-24-14/h3-10,12-13,22,27H,2,11H2,1H3;6-7,10-11,13-14,17,21,26H,2-5,8-9,12H2,1H3;3-11,13-14,21,26H,2,12H2,1H3;1-8,10-11,21,26H,9H2;1-7,9-10,18H,8H2/q4*+1;. The minimum absolute atomic E-state index is 0.338. The molecule has 0 saturated heterocycles. The number of anilines is 5. The van der Waals surface area contributed by atoms with Crippen molar-refractivity contribution in [1.82, 2.24) is 73.0 Å². The molecule has 3 aromatic carbocycles. The van der Waals surface area contributed by atoms with Crippen LogP contribution in [0, 0.1) is 11.0 Å². The molecule has 1 saturated carbocycles. The van der Waals surface area contributed by atoms with E-state index in [0.717, 1.165) is 142 Å². The predicted molar refractivity (Wildman–Crippen MR) is 495 cm³/mol. The first-order valence-corrected chi connectivity index (χ1v) is 44.4. The highest BCUT2D eigenvalue weighted by atomic mass is 79.9. The van der Waals surface area contributed by atoms with Crippen LogP contribution < -0.4 is 55.0 Å². The van der Waals surface area contributed by atoms with E-state index in [2.05, 4.69) is 142 Å². The first-order valence-electron chi connectivity index (χ1n) is 42.1. The zero-order chi connectivity index (χ0) is 90.0. The van der Waals surface area contributed by atoms with Crippen LogP contribution in [0.1, 0.15) is 103 Å². The van der Waals surface area contributed by atoms with E-state index in [9.17, 15) is 30.4 Å². The smallest absolute Gasteiger partial charge is 0.416 e. The van der Waals surface area contributed by atoms with Crippen LogP contribution in [-0.2, 0) is 45.6 Å². The molecule has 0 spiro atoms. The Morgan fingerprint density at radius 2 is 0.831 bits per heavy atom. The summed E-state index contributed by atoms with van der Waals surface area (Å²) in [4.78, 5) is 23.6. The SMILES string of the molecule is CCOc1ccc(CNc2cc(-c3ccccc3)nc3c(Br)cnn23)c[n+]1O.CCc1cnn2c(NCc3ccc[n+](O)c3)cc(-c3ccccc3)nc12.CCc1cnn2c(NCc3ccc[n+](O)c3)cc(C3CCCCC3)nc12.O[n+]1cccc(CNc2cc(-c3ccccc3F)nc3c(Br)cnn23)c1.[O-][n+]1cccc(CNc2cc(-c3ccco3)nc3c(Br)cnn23)c1. The molecule has 0 unspecified atom stereocenters. The Labute approximate surface area is 769 Å². The summed E-state index contributed by atoms with van der Waals surface area (Å²) in [6.07, 6.45) is 32.9. The number of nitrogens with one attached hydrogen (secondary N) is 5. The van der Waals surface area contributed by atoms with Gasteiger partial charge < -0.3 is 40.9 Å². The predicted octanol–water partition coefficient (Wildman–Crippen LogP) is 16.7. The zero-order valence-corrected chi connectivity index (χ0v) is 75.6. The Morgan fingerprint density at radius 3 is 1.28 bits per heavy atom. The molecule has 20 rings (SSSR count). The number of pyridine rings is 5. The summed E-state index contributed by atoms with van der Waals surface area (Å²) < 4.78 is 41.0. The van der Waals surface area contributed by atoms with Crippen LogP contribution in [0.15, 0.2) is 299 Å². The monoisotopic (exact) mass is 1940 g/mol. The maximum atomic E-state index is 14.2. The molecule has 32 nitrogen and oxygen atoms in total. The molecule has 36 heteroatoms. The van der Waals surface area contributed by atoms with Gasteiger partial charge in [-0.2, -0.15) is 52.8 Å². The van der Waals surface area contributed by atoms with E-state index in [1.165, 1.54) is 68.0 Å². The van der Waals surface area contributed by atoms with Gasteiger partial charge in [-0.25, -0.2) is 29.3 Å². The molecule has 0 radical (unpaired) electrons. The molecule has 658 valence electrons. The summed E-state index contributed by atoms with van der Waals surface area (Å²) >= 11 is 10.4. The number of aromatic nitrogens is 20. The maximum absolute atomic E-state index is 14.2. The van der Waals surface area contributed by atoms with Gasteiger partial charge in [-0.1, -0.05) is 106 Å². The highest BCUT2D eigenvalue weighted by Gasteiger charge is 2.24. The van der Waals surface area contributed by atoms with Crippen LogP contribution in [-0.4, -0.2) is 100 Å². The largest absolute Gasteiger partial charge is 0.619 e. The molecule has 19 aromatic rings. The molecule has 0 amide bonds. The van der Waals surface area contributed by atoms with Crippen LogP contribution in [0.4, 0.5) is 33.5 Å². The normalized spacial score (nSPS) is 11.9. The van der Waals surface area contributed by atoms with Gasteiger partial charge in [0.2, 0.25) is 43.4 Å². The minimum atomic E-state index is -0.338. The van der Waals surface area contributed by atoms with E-state index < -0.39 is 0 Å². The summed E-state index contributed by atoms with van der Waals surface area (Å²) in [7, 11) is 0. The van der Waals surface area contributed by atoms with Crippen molar-refractivity contribution in [3.05, 3.63) is 350 Å². The van der Waals surface area contributed by atoms with Crippen molar-refractivity contribution < 1.29 is 58.0 Å². The van der Waals surface area contributed by atoms with Crippen LogP contribution in [0.5, 0.6) is 5.88 Å². The van der Waals surface area contributed by atoms with E-state index in [1.54, 1.807) is 124 Å². The highest BCUT2D eigenvalue weighted by Crippen LogP contribution is 2.36. The van der Waals surface area contributed by atoms with Crippen molar-refractivity contribution in [2.75, 3.05) is 33.2 Å². The molecule has 1 fully saturated rings. The molecular weight excluding hydrogens is 1850 g/mol. The van der Waals surface area contributed by atoms with Gasteiger partial charge in [-0.3, -0.25) is 20.8 Å². The number of benzene rings is 3. The third kappa shape index (κ3) is 21.4. The van der Waals surface area contributed by atoms with Gasteiger partial charge >= 0.3 is 5.88 Å². The van der Waals surface area contributed by atoms with E-state index >= 15 is 0 Å². The number of hydrogen-bond acceptors (Lipinski definition) is 22. The molecule has 1 aliphatic rings. The van der Waals surface area contributed by atoms with Crippen LogP contribution >= 0.6 is 47.8 Å². The molecule has 16 heterocycles. The molecule has 0 bridgehead atoms. The number of halogens is 4. The summed E-state index contributed by atoms with van der Waals surface area (Å²) in [5.74, 6) is 5.32. The minimum Gasteiger partial charge on any atom is -0.619 e. The van der Waals surface area contributed by atoms with Crippen molar-refractivity contribution in [2.24, 2.45) is 0 Å². The number of nitrogens with zero attached hydrogens (tertiary/aromatic N) is 20. The first-order chi connectivity index (χ1) is 63.5. The first kappa shape index (κ1) is 88.4. The highest BCUT2D eigenvalue weighted by molar-refractivity contribution is 9.11. The average Bonchev–Trinajstić information content (AvgIpc) is 1.65. The molecular formula is C94H91Br3FN25O7+4. The Balaban J connectivity index is 0.000000119. The van der Waals surface area contributed by atoms with Gasteiger partial charge in [0, 0.05) is 173 Å². The van der Waals surface area contributed by atoms with Crippen LogP contribution in [0.25, 0.3) is 73.5 Å². The van der Waals surface area contributed by atoms with Gasteiger partial charge in [-0.15, -0.1) is 0 Å². The van der Waals surface area contributed by atoms with Crippen molar-refractivity contribution in [1.29, 1.82) is 0 Å². The molecule has 1 aliphatic carbocycles. The summed E-state index contributed by atoms with van der Waals surface area (Å²) in [5, 5.41) is 89.0. The maximum Gasteiger partial charge on any atom is 0.416 e. The van der Waals surface area contributed by atoms with Gasteiger partial charge in [0.25, 0.3) is 0 Å². The van der Waals surface area contributed by atoms with E-state index in [0.29, 0.717) is 95.4 Å². The van der Waals surface area contributed by atoms with Gasteiger partial charge in [0.1, 0.15) is 40.6 Å². The Bertz CT molecular complexity index is 7050. The fourth-order valence-electron chi connectivity index (χ4n) is 14.8. The molecule has 130 heavy (non-hydrogen) atoms.